The van der Waals surface area contributed by atoms with Crippen LogP contribution in [-0.4, -0.2) is 24.8 Å². The number of hydrogen-bond acceptors (Lipinski definition) is 5. The van der Waals surface area contributed by atoms with Crippen LogP contribution in [-0.2, 0) is 10.0 Å². The van der Waals surface area contributed by atoms with Crippen molar-refractivity contribution in [3.63, 3.8) is 0 Å². The van der Waals surface area contributed by atoms with Crippen LogP contribution in [0.2, 0.25) is 0 Å². The highest BCUT2D eigenvalue weighted by atomic mass is 32.2. The van der Waals surface area contributed by atoms with Gasteiger partial charge in [-0.2, -0.15) is 0 Å². The minimum atomic E-state index is -3.34. The van der Waals surface area contributed by atoms with Gasteiger partial charge in [-0.05, 0) is 60.7 Å². The maximum absolute atomic E-state index is 11.4. The molecule has 1 aliphatic rings. The van der Waals surface area contributed by atoms with Crippen molar-refractivity contribution in [2.75, 3.05) is 15.9 Å². The Kier molecular flexibility index (Phi) is 4.78. The van der Waals surface area contributed by atoms with Crippen LogP contribution in [0.5, 0.6) is 0 Å². The van der Waals surface area contributed by atoms with Crippen molar-refractivity contribution in [2.45, 2.75) is 12.1 Å². The van der Waals surface area contributed by atoms with Crippen molar-refractivity contribution in [3.05, 3.63) is 78.5 Å². The van der Waals surface area contributed by atoms with Crippen LogP contribution in [0.1, 0.15) is 23.5 Å². The molecule has 3 aromatic rings. The first-order valence-corrected chi connectivity index (χ1v) is 10.8. The quantitative estimate of drug-likeness (QED) is 0.620. The van der Waals surface area contributed by atoms with Gasteiger partial charge in [0.05, 0.1) is 24.3 Å². The zero-order chi connectivity index (χ0) is 19.7. The van der Waals surface area contributed by atoms with E-state index in [0.29, 0.717) is 10.8 Å². The van der Waals surface area contributed by atoms with Crippen LogP contribution in [0.4, 0.5) is 11.4 Å². The first-order valence-electron chi connectivity index (χ1n) is 8.54. The van der Waals surface area contributed by atoms with Crippen molar-refractivity contribution in [3.8, 4) is 0 Å². The van der Waals surface area contributed by atoms with Crippen LogP contribution in [0.3, 0.4) is 0 Å². The molecule has 7 nitrogen and oxygen atoms in total. The van der Waals surface area contributed by atoms with Crippen molar-refractivity contribution < 1.29 is 12.8 Å². The molecule has 3 heterocycles. The maximum Gasteiger partial charge on any atom is 0.229 e. The standard InChI is InChI=1S/C19H18N4O3S2/c1-28(24,25)22-13-7-9-14(10-8-13)23-18(16-6-4-12-26-16)17(21-19(23)27)15-5-2-3-11-20-15/h2-12,17-18,22H,1H3,(H,21,27)/t17-,18-/m0/s1. The molecule has 144 valence electrons. The Labute approximate surface area is 168 Å². The Balaban J connectivity index is 1.71. The largest absolute Gasteiger partial charge is 0.467 e. The average Bonchev–Trinajstić information content (AvgIpc) is 3.29. The monoisotopic (exact) mass is 414 g/mol. The summed E-state index contributed by atoms with van der Waals surface area (Å²) in [5.41, 5.74) is 2.15. The van der Waals surface area contributed by atoms with Gasteiger partial charge in [0.25, 0.3) is 0 Å². The van der Waals surface area contributed by atoms with Gasteiger partial charge >= 0.3 is 0 Å². The fourth-order valence-electron chi connectivity index (χ4n) is 3.29. The number of furan rings is 1. The van der Waals surface area contributed by atoms with E-state index in [-0.39, 0.29) is 12.1 Å². The molecule has 2 aromatic heterocycles. The number of thiocarbonyl (C=S) groups is 1. The second kappa shape index (κ2) is 7.25. The van der Waals surface area contributed by atoms with Gasteiger partial charge in [-0.3, -0.25) is 9.71 Å². The number of hydrogen-bond donors (Lipinski definition) is 2. The maximum atomic E-state index is 11.4. The predicted octanol–water partition coefficient (Wildman–Crippen LogP) is 3.22. The summed E-state index contributed by atoms with van der Waals surface area (Å²) in [7, 11) is -3.34. The average molecular weight is 415 g/mol. The normalized spacial score (nSPS) is 19.5. The summed E-state index contributed by atoms with van der Waals surface area (Å²) >= 11 is 5.60. The van der Waals surface area contributed by atoms with Crippen molar-refractivity contribution >= 4 is 38.7 Å². The molecule has 2 atom stereocenters. The lowest BCUT2D eigenvalue weighted by Crippen LogP contribution is -2.29. The highest BCUT2D eigenvalue weighted by Gasteiger charge is 2.42. The van der Waals surface area contributed by atoms with E-state index in [1.807, 2.05) is 47.4 Å². The van der Waals surface area contributed by atoms with Gasteiger partial charge in [-0.1, -0.05) is 6.07 Å². The molecule has 0 spiro atoms. The molecular weight excluding hydrogens is 396 g/mol. The fraction of sp³-hybridized carbons (Fsp3) is 0.158. The van der Waals surface area contributed by atoms with Crippen molar-refractivity contribution in [2.24, 2.45) is 0 Å². The third-order valence-electron chi connectivity index (χ3n) is 4.38. The Morgan fingerprint density at radius 1 is 1.14 bits per heavy atom. The second-order valence-electron chi connectivity index (χ2n) is 6.43. The van der Waals surface area contributed by atoms with Gasteiger partial charge in [0.1, 0.15) is 11.8 Å². The molecule has 0 unspecified atom stereocenters. The number of sulfonamides is 1. The molecule has 1 fully saturated rings. The molecule has 1 aromatic carbocycles. The van der Waals surface area contributed by atoms with Gasteiger partial charge in [-0.15, -0.1) is 0 Å². The SMILES string of the molecule is CS(=O)(=O)Nc1ccc(N2C(=S)N[C@@H](c3ccccn3)[C@@H]2c2ccco2)cc1. The summed E-state index contributed by atoms with van der Waals surface area (Å²) < 4.78 is 31.0. The van der Waals surface area contributed by atoms with E-state index in [9.17, 15) is 8.42 Å². The van der Waals surface area contributed by atoms with Gasteiger partial charge in [-0.25, -0.2) is 8.42 Å². The summed E-state index contributed by atoms with van der Waals surface area (Å²) in [4.78, 5) is 6.43. The molecule has 0 amide bonds. The summed E-state index contributed by atoms with van der Waals surface area (Å²) in [6.45, 7) is 0. The lowest BCUT2D eigenvalue weighted by Gasteiger charge is -2.26. The smallest absolute Gasteiger partial charge is 0.229 e. The Morgan fingerprint density at radius 3 is 2.54 bits per heavy atom. The Bertz CT molecular complexity index is 1070. The van der Waals surface area contributed by atoms with Crippen LogP contribution in [0.25, 0.3) is 0 Å². The molecule has 1 saturated heterocycles. The molecule has 28 heavy (non-hydrogen) atoms. The van der Waals surface area contributed by atoms with Crippen LogP contribution in [0, 0.1) is 0 Å². The van der Waals surface area contributed by atoms with Gasteiger partial charge < -0.3 is 14.6 Å². The van der Waals surface area contributed by atoms with E-state index in [2.05, 4.69) is 15.0 Å². The summed E-state index contributed by atoms with van der Waals surface area (Å²) in [6, 6.07) is 16.1. The molecule has 0 saturated carbocycles. The summed E-state index contributed by atoms with van der Waals surface area (Å²) in [5.74, 6) is 0.751. The molecule has 0 bridgehead atoms. The lowest BCUT2D eigenvalue weighted by atomic mass is 10.0. The number of nitrogens with one attached hydrogen (secondary N) is 2. The first kappa shape index (κ1) is 18.5. The van der Waals surface area contributed by atoms with Crippen molar-refractivity contribution in [1.82, 2.24) is 10.3 Å². The summed E-state index contributed by atoms with van der Waals surface area (Å²) in [5, 5.41) is 3.88. The Morgan fingerprint density at radius 2 is 1.93 bits per heavy atom. The van der Waals surface area contributed by atoms with E-state index < -0.39 is 10.0 Å². The number of pyridine rings is 1. The Hall–Kier alpha value is -2.91. The van der Waals surface area contributed by atoms with Crippen LogP contribution < -0.4 is 14.9 Å². The molecule has 0 aliphatic carbocycles. The minimum Gasteiger partial charge on any atom is -0.467 e. The minimum absolute atomic E-state index is 0.186. The van der Waals surface area contributed by atoms with E-state index >= 15 is 0 Å². The topological polar surface area (TPSA) is 87.5 Å². The molecule has 0 radical (unpaired) electrons. The van der Waals surface area contributed by atoms with E-state index in [0.717, 1.165) is 23.4 Å². The van der Waals surface area contributed by atoms with E-state index in [1.54, 1.807) is 24.6 Å². The second-order valence-corrected chi connectivity index (χ2v) is 8.57. The fourth-order valence-corrected chi connectivity index (χ4v) is 4.20. The van der Waals surface area contributed by atoms with E-state index in [4.69, 9.17) is 16.6 Å². The number of rotatable bonds is 5. The first-order chi connectivity index (χ1) is 13.4. The van der Waals surface area contributed by atoms with Crippen LogP contribution in [0.15, 0.2) is 71.5 Å². The third kappa shape index (κ3) is 3.71. The predicted molar refractivity (Wildman–Crippen MR) is 112 cm³/mol. The highest BCUT2D eigenvalue weighted by Crippen LogP contribution is 2.41. The zero-order valence-corrected chi connectivity index (χ0v) is 16.6. The zero-order valence-electron chi connectivity index (χ0n) is 14.9. The van der Waals surface area contributed by atoms with E-state index in [1.165, 1.54) is 0 Å². The van der Waals surface area contributed by atoms with Gasteiger partial charge in [0, 0.05) is 17.6 Å². The molecule has 9 heteroatoms. The number of anilines is 2. The molecule has 4 rings (SSSR count). The molecule has 2 N–H and O–H groups in total. The van der Waals surface area contributed by atoms with Crippen molar-refractivity contribution in [1.29, 1.82) is 0 Å². The van der Waals surface area contributed by atoms with Gasteiger partial charge in [0.2, 0.25) is 10.0 Å². The van der Waals surface area contributed by atoms with Gasteiger partial charge in [0.15, 0.2) is 5.11 Å². The summed E-state index contributed by atoms with van der Waals surface area (Å²) in [6.07, 6.45) is 4.49. The highest BCUT2D eigenvalue weighted by molar-refractivity contribution is 7.92. The van der Waals surface area contributed by atoms with Crippen LogP contribution >= 0.6 is 12.2 Å². The third-order valence-corrected chi connectivity index (χ3v) is 5.30. The molecular formula is C19H18N4O3S2. The molecule has 1 aliphatic heterocycles. The number of nitrogens with zero attached hydrogens (tertiary/aromatic N) is 2. The number of aromatic nitrogens is 1. The lowest BCUT2D eigenvalue weighted by molar-refractivity contribution is 0.432. The number of benzene rings is 1.